The minimum absolute atomic E-state index is 0.0901. The van der Waals surface area contributed by atoms with Gasteiger partial charge in [-0.3, -0.25) is 9.69 Å². The van der Waals surface area contributed by atoms with Crippen LogP contribution in [-0.4, -0.2) is 37.6 Å². The molecule has 0 heterocycles. The molecule has 0 aromatic heterocycles. The minimum atomic E-state index is -0.295. The summed E-state index contributed by atoms with van der Waals surface area (Å²) in [5, 5.41) is 2.99. The van der Waals surface area contributed by atoms with Gasteiger partial charge in [0.15, 0.2) is 0 Å². The minimum Gasteiger partial charge on any atom is -0.492 e. The van der Waals surface area contributed by atoms with Crippen molar-refractivity contribution in [3.05, 3.63) is 84.7 Å². The molecule has 0 radical (unpaired) electrons. The molecule has 0 bridgehead atoms. The first kappa shape index (κ1) is 19.6. The number of halogens is 1. The van der Waals surface area contributed by atoms with Crippen molar-refractivity contribution >= 4 is 11.6 Å². The molecule has 0 aliphatic rings. The van der Waals surface area contributed by atoms with Crippen LogP contribution < -0.4 is 10.1 Å². The summed E-state index contributed by atoms with van der Waals surface area (Å²) in [7, 11) is 1.86. The fraction of sp³-hybridized carbons (Fsp3) is 0.174. The van der Waals surface area contributed by atoms with E-state index in [-0.39, 0.29) is 18.3 Å². The number of anilines is 1. The van der Waals surface area contributed by atoms with Crippen molar-refractivity contribution in [3.8, 4) is 16.9 Å². The second kappa shape index (κ2) is 9.67. The Balaban J connectivity index is 1.51. The molecule has 0 saturated heterocycles. The quantitative estimate of drug-likeness (QED) is 0.630. The molecule has 1 N–H and O–H groups in total. The Kier molecular flexibility index (Phi) is 6.76. The second-order valence-electron chi connectivity index (χ2n) is 6.50. The van der Waals surface area contributed by atoms with Gasteiger partial charge in [-0.1, -0.05) is 48.5 Å². The number of amides is 1. The Morgan fingerprint density at radius 1 is 0.964 bits per heavy atom. The van der Waals surface area contributed by atoms with E-state index in [0.29, 0.717) is 18.9 Å². The van der Waals surface area contributed by atoms with Crippen molar-refractivity contribution in [1.29, 1.82) is 0 Å². The molecule has 28 heavy (non-hydrogen) atoms. The molecule has 0 saturated carbocycles. The summed E-state index contributed by atoms with van der Waals surface area (Å²) in [6.45, 7) is 1.23. The molecule has 3 aromatic carbocycles. The molecule has 0 aliphatic carbocycles. The standard InChI is InChI=1S/C23H23FN2O2/c1-26(15-16-28-20-13-11-19(24)12-14-20)17-23(27)25-22-10-6-5-9-21(22)18-7-3-2-4-8-18/h2-14H,15-17H2,1H3,(H,25,27). The highest BCUT2D eigenvalue weighted by molar-refractivity contribution is 5.96. The molecular weight excluding hydrogens is 355 g/mol. The summed E-state index contributed by atoms with van der Waals surface area (Å²) in [4.78, 5) is 14.3. The maximum Gasteiger partial charge on any atom is 0.238 e. The van der Waals surface area contributed by atoms with E-state index in [1.807, 2.05) is 66.5 Å². The predicted octanol–water partition coefficient (Wildman–Crippen LogP) is 4.44. The monoisotopic (exact) mass is 378 g/mol. The molecule has 0 unspecified atom stereocenters. The number of nitrogens with zero attached hydrogens (tertiary/aromatic N) is 1. The van der Waals surface area contributed by atoms with E-state index in [0.717, 1.165) is 16.8 Å². The van der Waals surface area contributed by atoms with Gasteiger partial charge in [-0.05, 0) is 42.9 Å². The van der Waals surface area contributed by atoms with Gasteiger partial charge in [-0.15, -0.1) is 0 Å². The van der Waals surface area contributed by atoms with Gasteiger partial charge in [-0.25, -0.2) is 4.39 Å². The zero-order valence-corrected chi connectivity index (χ0v) is 15.8. The molecule has 0 atom stereocenters. The normalized spacial score (nSPS) is 10.7. The van der Waals surface area contributed by atoms with Crippen LogP contribution in [0.2, 0.25) is 0 Å². The van der Waals surface area contributed by atoms with Crippen LogP contribution in [0, 0.1) is 5.82 Å². The average molecular weight is 378 g/mol. The first-order chi connectivity index (χ1) is 13.6. The highest BCUT2D eigenvalue weighted by atomic mass is 19.1. The van der Waals surface area contributed by atoms with Gasteiger partial charge in [-0.2, -0.15) is 0 Å². The fourth-order valence-electron chi connectivity index (χ4n) is 2.83. The van der Waals surface area contributed by atoms with Crippen molar-refractivity contribution in [2.75, 3.05) is 32.1 Å². The Bertz CT molecular complexity index is 898. The number of carbonyl (C=O) groups is 1. The van der Waals surface area contributed by atoms with Gasteiger partial charge in [0.1, 0.15) is 18.2 Å². The lowest BCUT2D eigenvalue weighted by atomic mass is 10.0. The summed E-state index contributed by atoms with van der Waals surface area (Å²) in [5.41, 5.74) is 2.83. The number of rotatable bonds is 8. The highest BCUT2D eigenvalue weighted by Gasteiger charge is 2.10. The number of benzene rings is 3. The molecule has 144 valence electrons. The Hall–Kier alpha value is -3.18. The summed E-state index contributed by atoms with van der Waals surface area (Å²) < 4.78 is 18.5. The van der Waals surface area contributed by atoms with Gasteiger partial charge in [0.05, 0.1) is 6.54 Å². The van der Waals surface area contributed by atoms with Crippen LogP contribution >= 0.6 is 0 Å². The zero-order valence-electron chi connectivity index (χ0n) is 15.8. The van der Waals surface area contributed by atoms with Crippen molar-refractivity contribution in [2.24, 2.45) is 0 Å². The lowest BCUT2D eigenvalue weighted by molar-refractivity contribution is -0.117. The van der Waals surface area contributed by atoms with Crippen LogP contribution in [-0.2, 0) is 4.79 Å². The average Bonchev–Trinajstić information content (AvgIpc) is 2.70. The van der Waals surface area contributed by atoms with E-state index in [1.54, 1.807) is 12.1 Å². The van der Waals surface area contributed by atoms with E-state index in [4.69, 9.17) is 4.74 Å². The van der Waals surface area contributed by atoms with Crippen molar-refractivity contribution < 1.29 is 13.9 Å². The summed E-state index contributed by atoms with van der Waals surface area (Å²) in [6, 6.07) is 23.6. The highest BCUT2D eigenvalue weighted by Crippen LogP contribution is 2.27. The Morgan fingerprint density at radius 2 is 1.64 bits per heavy atom. The number of likely N-dealkylation sites (N-methyl/N-ethyl adjacent to an activating group) is 1. The van der Waals surface area contributed by atoms with Crippen molar-refractivity contribution in [3.63, 3.8) is 0 Å². The van der Waals surface area contributed by atoms with Crippen LogP contribution in [0.15, 0.2) is 78.9 Å². The first-order valence-electron chi connectivity index (χ1n) is 9.13. The van der Waals surface area contributed by atoms with Crippen molar-refractivity contribution in [1.82, 2.24) is 4.90 Å². The third-order valence-electron chi connectivity index (χ3n) is 4.25. The van der Waals surface area contributed by atoms with Crippen LogP contribution in [0.4, 0.5) is 10.1 Å². The molecule has 0 fully saturated rings. The molecule has 4 nitrogen and oxygen atoms in total. The lowest BCUT2D eigenvalue weighted by Gasteiger charge is -2.17. The fourth-order valence-corrected chi connectivity index (χ4v) is 2.83. The number of ether oxygens (including phenoxy) is 1. The van der Waals surface area contributed by atoms with E-state index >= 15 is 0 Å². The molecule has 0 spiro atoms. The van der Waals surface area contributed by atoms with Gasteiger partial charge in [0.2, 0.25) is 5.91 Å². The first-order valence-corrected chi connectivity index (χ1v) is 9.13. The number of carbonyl (C=O) groups excluding carboxylic acids is 1. The molecule has 1 amide bonds. The van der Waals surface area contributed by atoms with Crippen molar-refractivity contribution in [2.45, 2.75) is 0 Å². The summed E-state index contributed by atoms with van der Waals surface area (Å²) in [6.07, 6.45) is 0. The Labute approximate surface area is 164 Å². The predicted molar refractivity (Wildman–Crippen MR) is 110 cm³/mol. The summed E-state index contributed by atoms with van der Waals surface area (Å²) >= 11 is 0. The SMILES string of the molecule is CN(CCOc1ccc(F)cc1)CC(=O)Nc1ccccc1-c1ccccc1. The third kappa shape index (κ3) is 5.66. The largest absolute Gasteiger partial charge is 0.492 e. The zero-order chi connectivity index (χ0) is 19.8. The number of para-hydroxylation sites is 1. The number of hydrogen-bond donors (Lipinski definition) is 1. The molecule has 0 aliphatic heterocycles. The Morgan fingerprint density at radius 3 is 2.39 bits per heavy atom. The van der Waals surface area contributed by atoms with E-state index in [1.165, 1.54) is 12.1 Å². The van der Waals surface area contributed by atoms with Crippen LogP contribution in [0.3, 0.4) is 0 Å². The maximum atomic E-state index is 12.9. The number of hydrogen-bond acceptors (Lipinski definition) is 3. The van der Waals surface area contributed by atoms with Crippen LogP contribution in [0.25, 0.3) is 11.1 Å². The van der Waals surface area contributed by atoms with Gasteiger partial charge in [0.25, 0.3) is 0 Å². The van der Waals surface area contributed by atoms with Crippen LogP contribution in [0.1, 0.15) is 0 Å². The van der Waals surface area contributed by atoms with Gasteiger partial charge >= 0.3 is 0 Å². The van der Waals surface area contributed by atoms with E-state index in [9.17, 15) is 9.18 Å². The summed E-state index contributed by atoms with van der Waals surface area (Å²) in [5.74, 6) is 0.223. The van der Waals surface area contributed by atoms with E-state index in [2.05, 4.69) is 5.32 Å². The third-order valence-corrected chi connectivity index (χ3v) is 4.25. The second-order valence-corrected chi connectivity index (χ2v) is 6.50. The topological polar surface area (TPSA) is 41.6 Å². The molecule has 3 rings (SSSR count). The molecular formula is C23H23FN2O2. The maximum absolute atomic E-state index is 12.9. The van der Waals surface area contributed by atoms with Gasteiger partial charge in [0, 0.05) is 17.8 Å². The molecule has 3 aromatic rings. The smallest absolute Gasteiger partial charge is 0.238 e. The number of nitrogens with one attached hydrogen (secondary N) is 1. The lowest BCUT2D eigenvalue weighted by Crippen LogP contribution is -2.33. The van der Waals surface area contributed by atoms with E-state index < -0.39 is 0 Å². The van der Waals surface area contributed by atoms with Crippen LogP contribution in [0.5, 0.6) is 5.75 Å². The van der Waals surface area contributed by atoms with Gasteiger partial charge < -0.3 is 10.1 Å². The molecule has 5 heteroatoms.